The van der Waals surface area contributed by atoms with E-state index in [1.807, 2.05) is 19.2 Å². The van der Waals surface area contributed by atoms with Gasteiger partial charge in [0.1, 0.15) is 5.82 Å². The van der Waals surface area contributed by atoms with E-state index >= 15 is 0 Å². The predicted molar refractivity (Wildman–Crippen MR) is 81.1 cm³/mol. The Morgan fingerprint density at radius 3 is 2.95 bits per heavy atom. The maximum absolute atomic E-state index is 14.0. The predicted octanol–water partition coefficient (Wildman–Crippen LogP) is 2.07. The summed E-state index contributed by atoms with van der Waals surface area (Å²) in [6.45, 7) is 3.72. The smallest absolute Gasteiger partial charge is 0.127 e. The van der Waals surface area contributed by atoms with Crippen molar-refractivity contribution >= 4 is 0 Å². The summed E-state index contributed by atoms with van der Waals surface area (Å²) < 4.78 is 14.0. The second kappa shape index (κ2) is 7.16. The molecular formula is C16H26FN3. The first-order valence-electron chi connectivity index (χ1n) is 7.41. The number of halogens is 1. The van der Waals surface area contributed by atoms with Gasteiger partial charge in [0.2, 0.25) is 0 Å². The first kappa shape index (κ1) is 15.4. The molecule has 1 heterocycles. The van der Waals surface area contributed by atoms with Gasteiger partial charge in [-0.1, -0.05) is 12.1 Å². The summed E-state index contributed by atoms with van der Waals surface area (Å²) in [5, 5.41) is 3.11. The largest absolute Gasteiger partial charge is 0.316 e. The van der Waals surface area contributed by atoms with Gasteiger partial charge in [-0.15, -0.1) is 0 Å². The molecule has 1 saturated heterocycles. The van der Waals surface area contributed by atoms with Gasteiger partial charge < -0.3 is 10.2 Å². The Bertz CT molecular complexity index is 436. The Morgan fingerprint density at radius 2 is 2.25 bits per heavy atom. The van der Waals surface area contributed by atoms with Crippen molar-refractivity contribution in [3.05, 3.63) is 35.1 Å². The monoisotopic (exact) mass is 279 g/mol. The van der Waals surface area contributed by atoms with Crippen molar-refractivity contribution in [3.63, 3.8) is 0 Å². The van der Waals surface area contributed by atoms with Crippen molar-refractivity contribution in [2.75, 3.05) is 34.2 Å². The van der Waals surface area contributed by atoms with Crippen molar-refractivity contribution in [3.8, 4) is 0 Å². The van der Waals surface area contributed by atoms with Crippen LogP contribution in [-0.2, 0) is 13.1 Å². The van der Waals surface area contributed by atoms with Gasteiger partial charge in [0.05, 0.1) is 0 Å². The fraction of sp³-hybridized carbons (Fsp3) is 0.625. The summed E-state index contributed by atoms with van der Waals surface area (Å²) in [6, 6.07) is 5.95. The highest BCUT2D eigenvalue weighted by molar-refractivity contribution is 5.25. The molecule has 1 N–H and O–H groups in total. The minimum absolute atomic E-state index is 0.0964. The molecule has 0 radical (unpaired) electrons. The third-order valence-corrected chi connectivity index (χ3v) is 4.13. The second-order valence-corrected chi connectivity index (χ2v) is 5.93. The number of piperidine rings is 1. The lowest BCUT2D eigenvalue weighted by Gasteiger charge is -2.36. The van der Waals surface area contributed by atoms with E-state index in [1.165, 1.54) is 19.4 Å². The van der Waals surface area contributed by atoms with Gasteiger partial charge in [-0.25, -0.2) is 4.39 Å². The molecule has 0 aliphatic carbocycles. The van der Waals surface area contributed by atoms with Gasteiger partial charge in [0.25, 0.3) is 0 Å². The number of hydrogen-bond acceptors (Lipinski definition) is 3. The third kappa shape index (κ3) is 4.01. The van der Waals surface area contributed by atoms with E-state index in [0.717, 1.165) is 24.2 Å². The summed E-state index contributed by atoms with van der Waals surface area (Å²) in [5.41, 5.74) is 1.94. The van der Waals surface area contributed by atoms with E-state index in [4.69, 9.17) is 0 Å². The molecule has 3 nitrogen and oxygen atoms in total. The average Bonchev–Trinajstić information content (AvgIpc) is 2.43. The van der Waals surface area contributed by atoms with E-state index in [2.05, 4.69) is 29.2 Å². The van der Waals surface area contributed by atoms with Crippen LogP contribution in [0.25, 0.3) is 0 Å². The summed E-state index contributed by atoms with van der Waals surface area (Å²) in [6.07, 6.45) is 2.44. The van der Waals surface area contributed by atoms with E-state index in [0.29, 0.717) is 12.6 Å². The lowest BCUT2D eigenvalue weighted by Crippen LogP contribution is -2.44. The van der Waals surface area contributed by atoms with E-state index < -0.39 is 0 Å². The molecule has 1 fully saturated rings. The van der Waals surface area contributed by atoms with E-state index in [9.17, 15) is 4.39 Å². The molecule has 1 unspecified atom stereocenters. The number of benzene rings is 1. The maximum Gasteiger partial charge on any atom is 0.127 e. The first-order chi connectivity index (χ1) is 9.60. The summed E-state index contributed by atoms with van der Waals surface area (Å²) >= 11 is 0. The summed E-state index contributed by atoms with van der Waals surface area (Å²) in [7, 11) is 6.18. The van der Waals surface area contributed by atoms with Crippen molar-refractivity contribution in [2.45, 2.75) is 32.0 Å². The van der Waals surface area contributed by atoms with Crippen LogP contribution in [0.15, 0.2) is 18.2 Å². The summed E-state index contributed by atoms with van der Waals surface area (Å²) in [4.78, 5) is 4.65. The van der Waals surface area contributed by atoms with Crippen molar-refractivity contribution < 1.29 is 4.39 Å². The van der Waals surface area contributed by atoms with Crippen LogP contribution in [0.5, 0.6) is 0 Å². The van der Waals surface area contributed by atoms with Gasteiger partial charge in [0, 0.05) is 31.2 Å². The number of nitrogens with zero attached hydrogens (tertiary/aromatic N) is 2. The zero-order chi connectivity index (χ0) is 14.5. The molecule has 112 valence electrons. The van der Waals surface area contributed by atoms with Gasteiger partial charge in [0.15, 0.2) is 0 Å². The summed E-state index contributed by atoms with van der Waals surface area (Å²) in [5.74, 6) is -0.0964. The number of nitrogens with one attached hydrogen (secondary N) is 1. The minimum atomic E-state index is -0.0964. The first-order valence-corrected chi connectivity index (χ1v) is 7.41. The molecule has 4 heteroatoms. The number of hydrogen-bond donors (Lipinski definition) is 1. The highest BCUT2D eigenvalue weighted by Gasteiger charge is 2.21. The lowest BCUT2D eigenvalue weighted by molar-refractivity contribution is 0.128. The lowest BCUT2D eigenvalue weighted by atomic mass is 10.0. The quantitative estimate of drug-likeness (QED) is 0.890. The normalized spacial score (nSPS) is 20.6. The molecule has 0 saturated carbocycles. The van der Waals surface area contributed by atoms with Crippen molar-refractivity contribution in [2.24, 2.45) is 0 Å². The van der Waals surface area contributed by atoms with Gasteiger partial charge >= 0.3 is 0 Å². The van der Waals surface area contributed by atoms with Crippen molar-refractivity contribution in [1.29, 1.82) is 0 Å². The number of rotatable bonds is 5. The fourth-order valence-corrected chi connectivity index (χ4v) is 2.96. The van der Waals surface area contributed by atoms with Crippen LogP contribution in [0.1, 0.15) is 24.0 Å². The minimum Gasteiger partial charge on any atom is -0.316 e. The molecule has 0 bridgehead atoms. The Labute approximate surface area is 121 Å². The molecule has 1 aliphatic rings. The highest BCUT2D eigenvalue weighted by Crippen LogP contribution is 2.18. The Morgan fingerprint density at radius 1 is 1.45 bits per heavy atom. The zero-order valence-electron chi connectivity index (χ0n) is 12.8. The molecule has 0 aromatic heterocycles. The number of likely N-dealkylation sites (N-methyl/N-ethyl adjacent to an activating group) is 2. The van der Waals surface area contributed by atoms with Crippen LogP contribution in [0.4, 0.5) is 4.39 Å². The molecule has 1 aromatic rings. The van der Waals surface area contributed by atoms with Crippen LogP contribution in [0.3, 0.4) is 0 Å². The second-order valence-electron chi connectivity index (χ2n) is 5.93. The van der Waals surface area contributed by atoms with Gasteiger partial charge in [-0.2, -0.15) is 0 Å². The van der Waals surface area contributed by atoms with Crippen LogP contribution in [0.2, 0.25) is 0 Å². The van der Waals surface area contributed by atoms with Crippen LogP contribution in [-0.4, -0.2) is 50.1 Å². The topological polar surface area (TPSA) is 18.5 Å². The van der Waals surface area contributed by atoms with Crippen molar-refractivity contribution in [1.82, 2.24) is 15.1 Å². The molecule has 2 rings (SSSR count). The molecular weight excluding hydrogens is 253 g/mol. The highest BCUT2D eigenvalue weighted by atomic mass is 19.1. The molecule has 0 spiro atoms. The molecule has 0 amide bonds. The zero-order valence-corrected chi connectivity index (χ0v) is 12.8. The maximum atomic E-state index is 14.0. The Balaban J connectivity index is 2.02. The Kier molecular flexibility index (Phi) is 5.52. The Hall–Kier alpha value is -0.970. The fourth-order valence-electron chi connectivity index (χ4n) is 2.96. The molecule has 1 aliphatic heterocycles. The third-order valence-electron chi connectivity index (χ3n) is 4.13. The van der Waals surface area contributed by atoms with Gasteiger partial charge in [-0.05, 0) is 52.2 Å². The van der Waals surface area contributed by atoms with Crippen LogP contribution < -0.4 is 5.32 Å². The molecule has 1 aromatic carbocycles. The van der Waals surface area contributed by atoms with E-state index in [1.54, 1.807) is 6.07 Å². The van der Waals surface area contributed by atoms with E-state index in [-0.39, 0.29) is 5.82 Å². The number of likely N-dealkylation sites (tertiary alicyclic amines) is 1. The van der Waals surface area contributed by atoms with Crippen LogP contribution in [0, 0.1) is 5.82 Å². The standard InChI is InChI=1S/C16H26FN3/c1-18-10-13-6-7-16(17)14(9-13)11-20(3)15-5-4-8-19(2)12-15/h6-7,9,15,18H,4-5,8,10-12H2,1-3H3. The molecule has 20 heavy (non-hydrogen) atoms. The average molecular weight is 279 g/mol. The van der Waals surface area contributed by atoms with Gasteiger partial charge in [-0.3, -0.25) is 4.90 Å². The molecule has 1 atom stereocenters. The van der Waals surface area contributed by atoms with Crippen LogP contribution >= 0.6 is 0 Å². The SMILES string of the molecule is CNCc1ccc(F)c(CN(C)C2CCCN(C)C2)c1.